The lowest BCUT2D eigenvalue weighted by atomic mass is 9.99. The molecular formula is C21H18FNO2. The largest absolute Gasteiger partial charge is 0.461 e. The van der Waals surface area contributed by atoms with Gasteiger partial charge in [0.15, 0.2) is 0 Å². The molecule has 1 aliphatic heterocycles. The Balaban J connectivity index is 1.60. The molecule has 0 bridgehead atoms. The molecule has 1 amide bonds. The average molecular weight is 335 g/mol. The standard InChI is InChI=1S/C21H18FNO2/c1-14-19(12-20(25-14)16-6-8-18(22)9-7-16)21(24)23-11-10-15-4-2-3-5-17(15)13-23/h2-9,12H,10-11,13H2,1H3. The van der Waals surface area contributed by atoms with Crippen LogP contribution in [0, 0.1) is 12.7 Å². The Morgan fingerprint density at radius 1 is 1.08 bits per heavy atom. The number of hydrogen-bond acceptors (Lipinski definition) is 2. The minimum Gasteiger partial charge on any atom is -0.461 e. The first-order valence-electron chi connectivity index (χ1n) is 8.34. The Kier molecular flexibility index (Phi) is 3.88. The zero-order valence-corrected chi connectivity index (χ0v) is 14.0. The van der Waals surface area contributed by atoms with Crippen LogP contribution in [0.25, 0.3) is 11.3 Å². The number of hydrogen-bond donors (Lipinski definition) is 0. The number of benzene rings is 2. The van der Waals surface area contributed by atoms with Crippen molar-refractivity contribution in [3.05, 3.63) is 82.9 Å². The highest BCUT2D eigenvalue weighted by atomic mass is 19.1. The molecule has 3 aromatic rings. The van der Waals surface area contributed by atoms with E-state index in [1.165, 1.54) is 23.3 Å². The fraction of sp³-hybridized carbons (Fsp3) is 0.190. The van der Waals surface area contributed by atoms with Crippen LogP contribution >= 0.6 is 0 Å². The van der Waals surface area contributed by atoms with Crippen LogP contribution in [0.15, 0.2) is 59.0 Å². The van der Waals surface area contributed by atoms with E-state index in [-0.39, 0.29) is 11.7 Å². The normalized spacial score (nSPS) is 13.6. The van der Waals surface area contributed by atoms with Crippen molar-refractivity contribution in [2.75, 3.05) is 6.54 Å². The van der Waals surface area contributed by atoms with Crippen molar-refractivity contribution >= 4 is 5.91 Å². The number of carbonyl (C=O) groups excluding carboxylic acids is 1. The fourth-order valence-corrected chi connectivity index (χ4v) is 3.29. The van der Waals surface area contributed by atoms with Gasteiger partial charge < -0.3 is 9.32 Å². The van der Waals surface area contributed by atoms with E-state index in [1.807, 2.05) is 17.0 Å². The van der Waals surface area contributed by atoms with Gasteiger partial charge in [-0.05, 0) is 54.8 Å². The lowest BCUT2D eigenvalue weighted by Gasteiger charge is -2.28. The Morgan fingerprint density at radius 3 is 2.56 bits per heavy atom. The predicted molar refractivity (Wildman–Crippen MR) is 93.7 cm³/mol. The molecule has 0 N–H and O–H groups in total. The lowest BCUT2D eigenvalue weighted by molar-refractivity contribution is 0.0733. The monoisotopic (exact) mass is 335 g/mol. The first-order chi connectivity index (χ1) is 12.1. The number of amides is 1. The van der Waals surface area contributed by atoms with Gasteiger partial charge >= 0.3 is 0 Å². The molecule has 4 rings (SSSR count). The third-order valence-electron chi connectivity index (χ3n) is 4.69. The second-order valence-corrected chi connectivity index (χ2v) is 6.33. The fourth-order valence-electron chi connectivity index (χ4n) is 3.29. The zero-order valence-electron chi connectivity index (χ0n) is 14.0. The summed E-state index contributed by atoms with van der Waals surface area (Å²) in [6.45, 7) is 3.11. The van der Waals surface area contributed by atoms with Crippen molar-refractivity contribution < 1.29 is 13.6 Å². The topological polar surface area (TPSA) is 33.5 Å². The maximum absolute atomic E-state index is 13.1. The van der Waals surface area contributed by atoms with Gasteiger partial charge in [0.2, 0.25) is 0 Å². The Hall–Kier alpha value is -2.88. The number of aryl methyl sites for hydroxylation is 1. The quantitative estimate of drug-likeness (QED) is 0.686. The number of nitrogens with zero attached hydrogens (tertiary/aromatic N) is 1. The maximum Gasteiger partial charge on any atom is 0.257 e. The molecule has 126 valence electrons. The van der Waals surface area contributed by atoms with E-state index < -0.39 is 0 Å². The third-order valence-corrected chi connectivity index (χ3v) is 4.69. The summed E-state index contributed by atoms with van der Waals surface area (Å²) in [6, 6.07) is 16.1. The number of fused-ring (bicyclic) bond motifs is 1. The molecule has 0 spiro atoms. The number of furan rings is 1. The van der Waals surface area contributed by atoms with E-state index in [0.717, 1.165) is 12.0 Å². The van der Waals surface area contributed by atoms with E-state index in [9.17, 15) is 9.18 Å². The molecule has 0 atom stereocenters. The van der Waals surface area contributed by atoms with Crippen LogP contribution in [0.2, 0.25) is 0 Å². The molecule has 2 aromatic carbocycles. The molecule has 0 unspecified atom stereocenters. The summed E-state index contributed by atoms with van der Waals surface area (Å²) >= 11 is 0. The van der Waals surface area contributed by atoms with Gasteiger partial charge in [-0.3, -0.25) is 4.79 Å². The second kappa shape index (κ2) is 6.20. The molecule has 0 saturated carbocycles. The molecule has 0 saturated heterocycles. The van der Waals surface area contributed by atoms with Crippen molar-refractivity contribution in [1.29, 1.82) is 0 Å². The van der Waals surface area contributed by atoms with Crippen LogP contribution < -0.4 is 0 Å². The summed E-state index contributed by atoms with van der Waals surface area (Å²) in [6.07, 6.45) is 0.865. The number of rotatable bonds is 2. The summed E-state index contributed by atoms with van der Waals surface area (Å²) in [4.78, 5) is 14.8. The summed E-state index contributed by atoms with van der Waals surface area (Å²) in [5.74, 6) is 0.848. The van der Waals surface area contributed by atoms with Crippen LogP contribution in [-0.4, -0.2) is 17.4 Å². The number of halogens is 1. The van der Waals surface area contributed by atoms with Crippen LogP contribution in [-0.2, 0) is 13.0 Å². The molecule has 0 radical (unpaired) electrons. The van der Waals surface area contributed by atoms with Crippen molar-refractivity contribution in [3.8, 4) is 11.3 Å². The Labute approximate surface area is 145 Å². The summed E-state index contributed by atoms with van der Waals surface area (Å²) in [5.41, 5.74) is 3.83. The first-order valence-corrected chi connectivity index (χ1v) is 8.34. The van der Waals surface area contributed by atoms with Crippen molar-refractivity contribution in [1.82, 2.24) is 4.90 Å². The SMILES string of the molecule is Cc1oc(-c2ccc(F)cc2)cc1C(=O)N1CCc2ccccc2C1. The smallest absolute Gasteiger partial charge is 0.257 e. The summed E-state index contributed by atoms with van der Waals surface area (Å²) in [7, 11) is 0. The molecule has 2 heterocycles. The Morgan fingerprint density at radius 2 is 1.80 bits per heavy atom. The van der Waals surface area contributed by atoms with Crippen LogP contribution in [0.5, 0.6) is 0 Å². The molecule has 1 aromatic heterocycles. The molecule has 0 aliphatic carbocycles. The van der Waals surface area contributed by atoms with Crippen LogP contribution in [0.1, 0.15) is 27.2 Å². The second-order valence-electron chi connectivity index (χ2n) is 6.33. The highest BCUT2D eigenvalue weighted by molar-refractivity contribution is 5.96. The minimum absolute atomic E-state index is 0.0240. The third kappa shape index (κ3) is 2.95. The van der Waals surface area contributed by atoms with Gasteiger partial charge in [0.05, 0.1) is 5.56 Å². The van der Waals surface area contributed by atoms with Gasteiger partial charge in [0.25, 0.3) is 5.91 Å². The van der Waals surface area contributed by atoms with Crippen LogP contribution in [0.3, 0.4) is 0 Å². The van der Waals surface area contributed by atoms with Gasteiger partial charge in [0.1, 0.15) is 17.3 Å². The summed E-state index contributed by atoms with van der Waals surface area (Å²) < 4.78 is 18.8. The average Bonchev–Trinajstić information content (AvgIpc) is 3.03. The van der Waals surface area contributed by atoms with E-state index in [1.54, 1.807) is 25.1 Å². The molecule has 0 fully saturated rings. The molecule has 4 heteroatoms. The van der Waals surface area contributed by atoms with Crippen molar-refractivity contribution in [3.63, 3.8) is 0 Å². The lowest BCUT2D eigenvalue weighted by Crippen LogP contribution is -2.36. The van der Waals surface area contributed by atoms with Gasteiger partial charge in [-0.25, -0.2) is 4.39 Å². The highest BCUT2D eigenvalue weighted by Gasteiger charge is 2.25. The van der Waals surface area contributed by atoms with Gasteiger partial charge in [0, 0.05) is 18.7 Å². The van der Waals surface area contributed by atoms with E-state index in [2.05, 4.69) is 12.1 Å². The highest BCUT2D eigenvalue weighted by Crippen LogP contribution is 2.28. The van der Waals surface area contributed by atoms with E-state index >= 15 is 0 Å². The summed E-state index contributed by atoms with van der Waals surface area (Å²) in [5, 5.41) is 0. The van der Waals surface area contributed by atoms with Gasteiger partial charge in [-0.2, -0.15) is 0 Å². The van der Waals surface area contributed by atoms with E-state index in [0.29, 0.717) is 30.2 Å². The minimum atomic E-state index is -0.296. The van der Waals surface area contributed by atoms with E-state index in [4.69, 9.17) is 4.42 Å². The predicted octanol–water partition coefficient (Wildman–Crippen LogP) is 4.59. The van der Waals surface area contributed by atoms with Crippen molar-refractivity contribution in [2.24, 2.45) is 0 Å². The van der Waals surface area contributed by atoms with Gasteiger partial charge in [-0.1, -0.05) is 24.3 Å². The zero-order chi connectivity index (χ0) is 17.4. The van der Waals surface area contributed by atoms with Crippen molar-refractivity contribution in [2.45, 2.75) is 19.9 Å². The molecule has 25 heavy (non-hydrogen) atoms. The Bertz CT molecular complexity index is 927. The maximum atomic E-state index is 13.1. The first kappa shape index (κ1) is 15.6. The molecule has 1 aliphatic rings. The number of carbonyl (C=O) groups is 1. The molecular weight excluding hydrogens is 317 g/mol. The van der Waals surface area contributed by atoms with Gasteiger partial charge in [-0.15, -0.1) is 0 Å². The van der Waals surface area contributed by atoms with Crippen LogP contribution in [0.4, 0.5) is 4.39 Å². The molecule has 3 nitrogen and oxygen atoms in total.